The smallest absolute Gasteiger partial charge is 0.356 e. The first-order valence-corrected chi connectivity index (χ1v) is 12.1. The Hall–Kier alpha value is -3.55. The van der Waals surface area contributed by atoms with Crippen LogP contribution in [0.25, 0.3) is 0 Å². The summed E-state index contributed by atoms with van der Waals surface area (Å²) in [6.45, 7) is 0.175. The molecule has 172 valence electrons. The molecule has 1 amide bonds. The zero-order chi connectivity index (χ0) is 23.5. The highest BCUT2D eigenvalue weighted by Gasteiger charge is 2.52. The number of esters is 1. The SMILES string of the molecule is NC1C(=O)N2C(C(=O)OC(c3ccccc3)c3ccccc3)=C(COc3ccccc3)CS[C@H]12. The van der Waals surface area contributed by atoms with Gasteiger partial charge >= 0.3 is 5.97 Å². The van der Waals surface area contributed by atoms with Crippen LogP contribution in [0, 0.1) is 0 Å². The van der Waals surface area contributed by atoms with Crippen LogP contribution in [0.5, 0.6) is 5.75 Å². The van der Waals surface area contributed by atoms with Gasteiger partial charge in [-0.05, 0) is 23.3 Å². The Balaban J connectivity index is 1.47. The lowest BCUT2D eigenvalue weighted by Gasteiger charge is -2.48. The molecule has 2 aliphatic heterocycles. The number of carbonyl (C=O) groups excluding carboxylic acids is 2. The summed E-state index contributed by atoms with van der Waals surface area (Å²) in [6.07, 6.45) is -0.614. The molecule has 5 rings (SSSR count). The van der Waals surface area contributed by atoms with E-state index in [1.807, 2.05) is 91.0 Å². The average molecular weight is 473 g/mol. The lowest BCUT2D eigenvalue weighted by Crippen LogP contribution is -2.68. The maximum absolute atomic E-state index is 13.6. The summed E-state index contributed by atoms with van der Waals surface area (Å²) in [5, 5.41) is -0.276. The first kappa shape index (κ1) is 22.3. The van der Waals surface area contributed by atoms with E-state index in [-0.39, 0.29) is 23.6 Å². The summed E-state index contributed by atoms with van der Waals surface area (Å²) in [5.74, 6) is 0.376. The molecule has 0 bridgehead atoms. The maximum Gasteiger partial charge on any atom is 0.356 e. The van der Waals surface area contributed by atoms with Crippen molar-refractivity contribution in [2.75, 3.05) is 12.4 Å². The second kappa shape index (κ2) is 9.75. The molecule has 0 radical (unpaired) electrons. The van der Waals surface area contributed by atoms with Crippen molar-refractivity contribution in [1.82, 2.24) is 4.90 Å². The summed E-state index contributed by atoms with van der Waals surface area (Å²) < 4.78 is 12.0. The van der Waals surface area contributed by atoms with Gasteiger partial charge < -0.3 is 15.2 Å². The monoisotopic (exact) mass is 472 g/mol. The van der Waals surface area contributed by atoms with Crippen LogP contribution < -0.4 is 10.5 Å². The van der Waals surface area contributed by atoms with Gasteiger partial charge in [-0.1, -0.05) is 78.9 Å². The van der Waals surface area contributed by atoms with Crippen molar-refractivity contribution in [2.24, 2.45) is 5.73 Å². The third-order valence-electron chi connectivity index (χ3n) is 5.87. The molecule has 34 heavy (non-hydrogen) atoms. The number of rotatable bonds is 7. The van der Waals surface area contributed by atoms with Crippen LogP contribution in [-0.2, 0) is 14.3 Å². The lowest BCUT2D eigenvalue weighted by atomic mass is 10.0. The van der Waals surface area contributed by atoms with Gasteiger partial charge in [-0.15, -0.1) is 11.8 Å². The fourth-order valence-corrected chi connectivity index (χ4v) is 5.39. The molecule has 1 saturated heterocycles. The van der Waals surface area contributed by atoms with Gasteiger partial charge in [-0.3, -0.25) is 9.69 Å². The number of β-lactam (4-membered cyclic amide) rings is 1. The molecule has 2 aliphatic rings. The standard InChI is InChI=1S/C27H24N2O4S/c28-22-25(30)29-23(20(17-34-26(22)29)16-32-21-14-8-3-9-15-21)27(31)33-24(18-10-4-1-5-11-18)19-12-6-2-7-13-19/h1-15,22,24,26H,16-17,28H2/t22?,26-/m1/s1. The molecule has 7 heteroatoms. The first-order chi connectivity index (χ1) is 16.6. The molecule has 0 spiro atoms. The molecule has 2 N–H and O–H groups in total. The highest BCUT2D eigenvalue weighted by Crippen LogP contribution is 2.41. The predicted molar refractivity (Wildman–Crippen MR) is 131 cm³/mol. The molecule has 0 saturated carbocycles. The molecule has 3 aromatic rings. The van der Waals surface area contributed by atoms with Crippen LogP contribution >= 0.6 is 11.8 Å². The molecule has 1 unspecified atom stereocenters. The number of amides is 1. The Labute approximate surface area is 202 Å². The Morgan fingerprint density at radius 1 is 0.941 bits per heavy atom. The van der Waals surface area contributed by atoms with E-state index in [2.05, 4.69) is 0 Å². The van der Waals surface area contributed by atoms with E-state index in [9.17, 15) is 9.59 Å². The number of hydrogen-bond donors (Lipinski definition) is 1. The van der Waals surface area contributed by atoms with Crippen LogP contribution in [0.3, 0.4) is 0 Å². The number of hydrogen-bond acceptors (Lipinski definition) is 6. The van der Waals surface area contributed by atoms with Crippen LogP contribution in [0.1, 0.15) is 17.2 Å². The molecule has 2 heterocycles. The summed E-state index contributed by atoms with van der Waals surface area (Å²) in [5.41, 5.74) is 8.65. The fraction of sp³-hybridized carbons (Fsp3) is 0.185. The summed E-state index contributed by atoms with van der Waals surface area (Å²) >= 11 is 1.54. The van der Waals surface area contributed by atoms with Crippen LogP contribution in [0.15, 0.2) is 102 Å². The quantitative estimate of drug-likeness (QED) is 0.415. The van der Waals surface area contributed by atoms with E-state index in [1.165, 1.54) is 16.7 Å². The second-order valence-corrected chi connectivity index (χ2v) is 9.20. The molecular weight excluding hydrogens is 448 g/mol. The number of thioether (sulfide) groups is 1. The summed E-state index contributed by atoms with van der Waals surface area (Å²) in [4.78, 5) is 27.8. The van der Waals surface area contributed by atoms with Crippen molar-refractivity contribution in [3.63, 3.8) is 0 Å². The number of carbonyl (C=O) groups is 2. The number of para-hydroxylation sites is 1. The Kier molecular flexibility index (Phi) is 6.38. The topological polar surface area (TPSA) is 81.9 Å². The number of benzene rings is 3. The van der Waals surface area contributed by atoms with E-state index in [0.29, 0.717) is 17.1 Å². The largest absolute Gasteiger partial charge is 0.489 e. The fourth-order valence-electron chi connectivity index (χ4n) is 4.11. The van der Waals surface area contributed by atoms with Gasteiger partial charge in [-0.2, -0.15) is 0 Å². The average Bonchev–Trinajstić information content (AvgIpc) is 2.91. The summed E-state index contributed by atoms with van der Waals surface area (Å²) in [7, 11) is 0. The predicted octanol–water partition coefficient (Wildman–Crippen LogP) is 3.89. The van der Waals surface area contributed by atoms with Gasteiger partial charge in [0.05, 0.1) is 0 Å². The molecule has 0 aliphatic carbocycles. The third kappa shape index (κ3) is 4.32. The molecule has 6 nitrogen and oxygen atoms in total. The van der Waals surface area contributed by atoms with Gasteiger partial charge in [-0.25, -0.2) is 4.79 Å². The van der Waals surface area contributed by atoms with Gasteiger partial charge in [0.25, 0.3) is 0 Å². The van der Waals surface area contributed by atoms with Crippen LogP contribution in [0.2, 0.25) is 0 Å². The van der Waals surface area contributed by atoms with E-state index in [0.717, 1.165) is 11.1 Å². The normalized spacial score (nSPS) is 19.5. The minimum absolute atomic E-state index is 0.175. The van der Waals surface area contributed by atoms with Gasteiger partial charge in [0.15, 0.2) is 6.10 Å². The second-order valence-electron chi connectivity index (χ2n) is 8.10. The first-order valence-electron chi connectivity index (χ1n) is 11.0. The van der Waals surface area contributed by atoms with E-state index in [1.54, 1.807) is 0 Å². The Bertz CT molecular complexity index is 1160. The van der Waals surface area contributed by atoms with Gasteiger partial charge in [0.1, 0.15) is 29.5 Å². The molecular formula is C27H24N2O4S. The van der Waals surface area contributed by atoms with Crippen molar-refractivity contribution in [3.05, 3.63) is 113 Å². The number of nitrogens with two attached hydrogens (primary N) is 1. The van der Waals surface area contributed by atoms with Crippen molar-refractivity contribution >= 4 is 23.6 Å². The summed E-state index contributed by atoms with van der Waals surface area (Å²) in [6, 6.07) is 27.9. The van der Waals surface area contributed by atoms with Crippen molar-refractivity contribution in [3.8, 4) is 5.75 Å². The van der Waals surface area contributed by atoms with E-state index >= 15 is 0 Å². The van der Waals surface area contributed by atoms with Crippen molar-refractivity contribution in [2.45, 2.75) is 17.5 Å². The number of ether oxygens (including phenoxy) is 2. The zero-order valence-corrected chi connectivity index (χ0v) is 19.2. The van der Waals surface area contributed by atoms with Crippen LogP contribution in [-0.4, -0.2) is 40.6 Å². The number of fused-ring (bicyclic) bond motifs is 1. The van der Waals surface area contributed by atoms with E-state index < -0.39 is 18.1 Å². The van der Waals surface area contributed by atoms with E-state index in [4.69, 9.17) is 15.2 Å². The molecule has 3 aromatic carbocycles. The van der Waals surface area contributed by atoms with Gasteiger partial charge in [0.2, 0.25) is 5.91 Å². The maximum atomic E-state index is 13.6. The highest BCUT2D eigenvalue weighted by atomic mass is 32.2. The zero-order valence-electron chi connectivity index (χ0n) is 18.4. The lowest BCUT2D eigenvalue weighted by molar-refractivity contribution is -0.153. The van der Waals surface area contributed by atoms with Crippen LogP contribution in [0.4, 0.5) is 0 Å². The third-order valence-corrected chi connectivity index (χ3v) is 7.23. The Morgan fingerprint density at radius 2 is 1.50 bits per heavy atom. The Morgan fingerprint density at radius 3 is 2.09 bits per heavy atom. The highest BCUT2D eigenvalue weighted by molar-refractivity contribution is 8.00. The number of nitrogens with zero attached hydrogens (tertiary/aromatic N) is 1. The molecule has 2 atom stereocenters. The minimum atomic E-state index is -0.622. The minimum Gasteiger partial charge on any atom is -0.489 e. The van der Waals surface area contributed by atoms with Crippen molar-refractivity contribution in [1.29, 1.82) is 0 Å². The van der Waals surface area contributed by atoms with Crippen molar-refractivity contribution < 1.29 is 19.1 Å². The van der Waals surface area contributed by atoms with Gasteiger partial charge in [0, 0.05) is 11.3 Å². The molecule has 1 fully saturated rings. The molecule has 0 aromatic heterocycles.